The number of Topliss-reactive ketones (excluding diaryl/α,β-unsaturated/α-hetero) is 1. The van der Waals surface area contributed by atoms with Crippen LogP contribution in [0, 0.1) is 0 Å². The molecule has 1 aromatic rings. The molecule has 0 aliphatic rings. The number of aromatic hydroxyl groups is 1. The highest BCUT2D eigenvalue weighted by molar-refractivity contribution is 6.30. The lowest BCUT2D eigenvalue weighted by Gasteiger charge is -2.06. The molecule has 0 spiro atoms. The molecule has 0 radical (unpaired) electrons. The molecule has 0 saturated heterocycles. The van der Waals surface area contributed by atoms with Crippen LogP contribution in [0.5, 0.6) is 11.5 Å². The van der Waals surface area contributed by atoms with Gasteiger partial charge >= 0.3 is 0 Å². The highest BCUT2D eigenvalue weighted by Crippen LogP contribution is 2.26. The second-order valence-corrected chi connectivity index (χ2v) is 2.94. The van der Waals surface area contributed by atoms with Gasteiger partial charge in [0.15, 0.2) is 17.3 Å². The Morgan fingerprint density at radius 2 is 2.29 bits per heavy atom. The lowest BCUT2D eigenvalue weighted by atomic mass is 10.1. The summed E-state index contributed by atoms with van der Waals surface area (Å²) in [4.78, 5) is 11.2. The Labute approximate surface area is 87.3 Å². The van der Waals surface area contributed by atoms with E-state index in [-0.39, 0.29) is 17.4 Å². The van der Waals surface area contributed by atoms with Gasteiger partial charge in [-0.25, -0.2) is 0 Å². The van der Waals surface area contributed by atoms with Gasteiger partial charge in [-0.05, 0) is 25.1 Å². The predicted molar refractivity (Wildman–Crippen MR) is 54.3 cm³/mol. The molecule has 0 amide bonds. The molecule has 0 aliphatic heterocycles. The van der Waals surface area contributed by atoms with Gasteiger partial charge in [0.1, 0.15) is 0 Å². The van der Waals surface area contributed by atoms with E-state index in [2.05, 4.69) is 0 Å². The van der Waals surface area contributed by atoms with E-state index in [9.17, 15) is 9.90 Å². The number of carbonyl (C=O) groups is 1. The van der Waals surface area contributed by atoms with Crippen LogP contribution in [0.2, 0.25) is 0 Å². The first-order chi connectivity index (χ1) is 6.69. The van der Waals surface area contributed by atoms with E-state index >= 15 is 0 Å². The summed E-state index contributed by atoms with van der Waals surface area (Å²) in [6.07, 6.45) is 0. The number of carbonyl (C=O) groups excluding carboxylic acids is 1. The number of ether oxygens (including phenoxy) is 1. The minimum absolute atomic E-state index is 0.0259. The molecule has 1 N–H and O–H groups in total. The molecular formula is C10H11ClO3. The Hall–Kier alpha value is -1.22. The Bertz CT molecular complexity index is 336. The number of halogens is 1. The first-order valence-electron chi connectivity index (χ1n) is 4.24. The van der Waals surface area contributed by atoms with Gasteiger partial charge in [0.2, 0.25) is 0 Å². The molecule has 1 rings (SSSR count). The van der Waals surface area contributed by atoms with Gasteiger partial charge in [0.25, 0.3) is 0 Å². The number of ketones is 1. The van der Waals surface area contributed by atoms with E-state index in [1.54, 1.807) is 6.92 Å². The van der Waals surface area contributed by atoms with Crippen LogP contribution < -0.4 is 4.74 Å². The first kappa shape index (κ1) is 10.9. The average molecular weight is 215 g/mol. The normalized spacial score (nSPS) is 9.86. The van der Waals surface area contributed by atoms with Gasteiger partial charge in [-0.15, -0.1) is 11.6 Å². The minimum atomic E-state index is -0.187. The van der Waals surface area contributed by atoms with Gasteiger partial charge in [-0.3, -0.25) is 4.79 Å². The van der Waals surface area contributed by atoms with Gasteiger partial charge < -0.3 is 9.84 Å². The molecule has 0 bridgehead atoms. The van der Waals surface area contributed by atoms with Crippen molar-refractivity contribution in [3.63, 3.8) is 0 Å². The van der Waals surface area contributed by atoms with E-state index in [1.165, 1.54) is 18.2 Å². The maximum Gasteiger partial charge on any atom is 0.177 e. The largest absolute Gasteiger partial charge is 0.504 e. The van der Waals surface area contributed by atoms with Crippen molar-refractivity contribution in [1.29, 1.82) is 0 Å². The topological polar surface area (TPSA) is 46.5 Å². The number of alkyl halides is 1. The maximum absolute atomic E-state index is 11.2. The first-order valence-corrected chi connectivity index (χ1v) is 4.77. The Morgan fingerprint density at radius 1 is 1.57 bits per heavy atom. The molecule has 76 valence electrons. The third-order valence-corrected chi connectivity index (χ3v) is 1.95. The lowest BCUT2D eigenvalue weighted by Crippen LogP contribution is -2.01. The van der Waals surface area contributed by atoms with E-state index in [0.29, 0.717) is 17.9 Å². The van der Waals surface area contributed by atoms with Crippen LogP contribution in [0.3, 0.4) is 0 Å². The summed E-state index contributed by atoms with van der Waals surface area (Å²) in [7, 11) is 0. The monoisotopic (exact) mass is 214 g/mol. The van der Waals surface area contributed by atoms with Crippen LogP contribution in [0.4, 0.5) is 0 Å². The standard InChI is InChI=1S/C10H11ClO3/c1-2-14-10-5-7(9(13)6-11)3-4-8(10)12/h3-5,12H,2,6H2,1H3. The third-order valence-electron chi connectivity index (χ3n) is 1.70. The fraction of sp³-hybridized carbons (Fsp3) is 0.300. The summed E-state index contributed by atoms with van der Waals surface area (Å²) in [6.45, 7) is 2.24. The second kappa shape index (κ2) is 4.86. The van der Waals surface area contributed by atoms with Gasteiger partial charge in [0, 0.05) is 5.56 Å². The Kier molecular flexibility index (Phi) is 3.77. The molecule has 0 heterocycles. The van der Waals surface area contributed by atoms with Crippen molar-refractivity contribution in [2.45, 2.75) is 6.92 Å². The third kappa shape index (κ3) is 2.39. The molecule has 4 heteroatoms. The van der Waals surface area contributed by atoms with Crippen molar-refractivity contribution >= 4 is 17.4 Å². The van der Waals surface area contributed by atoms with Gasteiger partial charge in [-0.1, -0.05) is 0 Å². The zero-order chi connectivity index (χ0) is 10.6. The average Bonchev–Trinajstić information content (AvgIpc) is 2.20. The molecule has 3 nitrogen and oxygen atoms in total. The number of hydrogen-bond acceptors (Lipinski definition) is 3. The van der Waals surface area contributed by atoms with E-state index in [0.717, 1.165) is 0 Å². The fourth-order valence-electron chi connectivity index (χ4n) is 1.04. The van der Waals surface area contributed by atoms with Crippen LogP contribution in [0.25, 0.3) is 0 Å². The summed E-state index contributed by atoms with van der Waals surface area (Å²) in [5, 5.41) is 9.35. The van der Waals surface area contributed by atoms with Crippen molar-refractivity contribution in [3.05, 3.63) is 23.8 Å². The molecule has 0 unspecified atom stereocenters. The van der Waals surface area contributed by atoms with E-state index in [4.69, 9.17) is 16.3 Å². The number of benzene rings is 1. The molecule has 0 atom stereocenters. The highest BCUT2D eigenvalue weighted by atomic mass is 35.5. The van der Waals surface area contributed by atoms with Crippen LogP contribution >= 0.6 is 11.6 Å². The molecule has 0 aliphatic carbocycles. The Morgan fingerprint density at radius 3 is 2.86 bits per heavy atom. The summed E-state index contributed by atoms with van der Waals surface area (Å²) in [6, 6.07) is 4.43. The molecular weight excluding hydrogens is 204 g/mol. The van der Waals surface area contributed by atoms with E-state index < -0.39 is 0 Å². The highest BCUT2D eigenvalue weighted by Gasteiger charge is 2.08. The predicted octanol–water partition coefficient (Wildman–Crippen LogP) is 2.21. The van der Waals surface area contributed by atoms with Crippen molar-refractivity contribution in [3.8, 4) is 11.5 Å². The van der Waals surface area contributed by atoms with Crippen molar-refractivity contribution in [2.24, 2.45) is 0 Å². The lowest BCUT2D eigenvalue weighted by molar-refractivity contribution is 0.102. The van der Waals surface area contributed by atoms with Gasteiger partial charge in [-0.2, -0.15) is 0 Å². The summed E-state index contributed by atoms with van der Waals surface area (Å²) < 4.78 is 5.13. The smallest absolute Gasteiger partial charge is 0.177 e. The molecule has 0 aromatic heterocycles. The fourth-order valence-corrected chi connectivity index (χ4v) is 1.19. The van der Waals surface area contributed by atoms with Crippen LogP contribution in [0.15, 0.2) is 18.2 Å². The van der Waals surface area contributed by atoms with Crippen molar-refractivity contribution in [1.82, 2.24) is 0 Å². The van der Waals surface area contributed by atoms with Crippen molar-refractivity contribution < 1.29 is 14.6 Å². The molecule has 1 aromatic carbocycles. The molecule has 14 heavy (non-hydrogen) atoms. The number of rotatable bonds is 4. The van der Waals surface area contributed by atoms with Crippen LogP contribution in [-0.4, -0.2) is 23.4 Å². The quantitative estimate of drug-likeness (QED) is 0.618. The summed E-state index contributed by atoms with van der Waals surface area (Å²) in [5.41, 5.74) is 0.446. The van der Waals surface area contributed by atoms with E-state index in [1.807, 2.05) is 0 Å². The summed E-state index contributed by atoms with van der Waals surface area (Å²) in [5.74, 6) is 0.0742. The van der Waals surface area contributed by atoms with Gasteiger partial charge in [0.05, 0.1) is 12.5 Å². The minimum Gasteiger partial charge on any atom is -0.504 e. The number of phenols is 1. The number of hydrogen-bond donors (Lipinski definition) is 1. The number of phenolic OH excluding ortho intramolecular Hbond substituents is 1. The second-order valence-electron chi connectivity index (χ2n) is 2.67. The Balaban J connectivity index is 2.99. The van der Waals surface area contributed by atoms with Crippen molar-refractivity contribution in [2.75, 3.05) is 12.5 Å². The maximum atomic E-state index is 11.2. The zero-order valence-electron chi connectivity index (χ0n) is 7.79. The molecule has 0 fully saturated rings. The van der Waals surface area contributed by atoms with Crippen LogP contribution in [0.1, 0.15) is 17.3 Å². The zero-order valence-corrected chi connectivity index (χ0v) is 8.54. The molecule has 0 saturated carbocycles. The summed E-state index contributed by atoms with van der Waals surface area (Å²) >= 11 is 5.40. The van der Waals surface area contributed by atoms with Crippen LogP contribution in [-0.2, 0) is 0 Å². The SMILES string of the molecule is CCOc1cc(C(=O)CCl)ccc1O.